The molecule has 0 spiro atoms. The van der Waals surface area contributed by atoms with Gasteiger partial charge in [0, 0.05) is 0 Å². The molecule has 0 radical (unpaired) electrons. The minimum absolute atomic E-state index is 0.328. The molecule has 2 aromatic rings. The standard InChI is InChI=1S/C16H24BN3O2/c1-6-7-10-20-18-13-9-8-12(11-14(13)19-20)17-21-15(2,3)16(4,5)22-17/h8-9,11H,6-7,10H2,1-5H3. The van der Waals surface area contributed by atoms with Crippen LogP contribution in [0.5, 0.6) is 0 Å². The van der Waals surface area contributed by atoms with E-state index in [9.17, 15) is 0 Å². The van der Waals surface area contributed by atoms with Crippen molar-refractivity contribution in [3.8, 4) is 0 Å². The van der Waals surface area contributed by atoms with Crippen LogP contribution in [0.3, 0.4) is 0 Å². The summed E-state index contributed by atoms with van der Waals surface area (Å²) in [7, 11) is -0.352. The van der Waals surface area contributed by atoms with Gasteiger partial charge in [-0.05, 0) is 51.7 Å². The fourth-order valence-electron chi connectivity index (χ4n) is 2.50. The molecule has 0 unspecified atom stereocenters. The lowest BCUT2D eigenvalue weighted by atomic mass is 9.79. The normalized spacial score (nSPS) is 20.0. The second-order valence-corrected chi connectivity index (χ2v) is 6.99. The van der Waals surface area contributed by atoms with Crippen molar-refractivity contribution in [2.45, 2.75) is 65.2 Å². The van der Waals surface area contributed by atoms with Crippen LogP contribution in [0.25, 0.3) is 11.0 Å². The first-order valence-corrected chi connectivity index (χ1v) is 8.03. The third-order valence-corrected chi connectivity index (χ3v) is 4.68. The SMILES string of the molecule is CCCCn1nc2ccc(B3OC(C)(C)C(C)(C)O3)cc2n1. The second kappa shape index (κ2) is 5.35. The number of rotatable bonds is 4. The van der Waals surface area contributed by atoms with Crippen LogP contribution < -0.4 is 5.46 Å². The molecular weight excluding hydrogens is 277 g/mol. The fourth-order valence-corrected chi connectivity index (χ4v) is 2.50. The summed E-state index contributed by atoms with van der Waals surface area (Å²) in [6, 6.07) is 6.03. The molecule has 1 saturated heterocycles. The highest BCUT2D eigenvalue weighted by Gasteiger charge is 2.51. The summed E-state index contributed by atoms with van der Waals surface area (Å²) in [5.74, 6) is 0. The maximum absolute atomic E-state index is 6.09. The van der Waals surface area contributed by atoms with Gasteiger partial charge >= 0.3 is 7.12 Å². The lowest BCUT2D eigenvalue weighted by Gasteiger charge is -2.32. The number of unbranched alkanes of at least 4 members (excludes halogenated alkanes) is 1. The zero-order valence-electron chi connectivity index (χ0n) is 14.1. The first kappa shape index (κ1) is 15.5. The van der Waals surface area contributed by atoms with Gasteiger partial charge < -0.3 is 9.31 Å². The van der Waals surface area contributed by atoms with Gasteiger partial charge in [0.1, 0.15) is 11.0 Å². The van der Waals surface area contributed by atoms with E-state index < -0.39 is 0 Å². The van der Waals surface area contributed by atoms with Crippen molar-refractivity contribution < 1.29 is 9.31 Å². The summed E-state index contributed by atoms with van der Waals surface area (Å²) in [5.41, 5.74) is 2.14. The summed E-state index contributed by atoms with van der Waals surface area (Å²) < 4.78 is 12.2. The molecule has 1 aromatic heterocycles. The monoisotopic (exact) mass is 301 g/mol. The Morgan fingerprint density at radius 3 is 2.32 bits per heavy atom. The number of aromatic nitrogens is 3. The molecule has 0 N–H and O–H groups in total. The van der Waals surface area contributed by atoms with Crippen molar-refractivity contribution in [2.24, 2.45) is 0 Å². The number of fused-ring (bicyclic) bond motifs is 1. The Labute approximate surface area is 132 Å². The molecule has 22 heavy (non-hydrogen) atoms. The van der Waals surface area contributed by atoms with Crippen molar-refractivity contribution in [3.05, 3.63) is 18.2 Å². The third-order valence-electron chi connectivity index (χ3n) is 4.68. The van der Waals surface area contributed by atoms with E-state index >= 15 is 0 Å². The average molecular weight is 301 g/mol. The number of hydrogen-bond donors (Lipinski definition) is 0. The van der Waals surface area contributed by atoms with E-state index in [0.717, 1.165) is 35.9 Å². The van der Waals surface area contributed by atoms with Gasteiger partial charge in [-0.1, -0.05) is 19.4 Å². The van der Waals surface area contributed by atoms with Crippen LogP contribution in [0.1, 0.15) is 47.5 Å². The first-order valence-electron chi connectivity index (χ1n) is 8.03. The zero-order chi connectivity index (χ0) is 16.0. The number of aryl methyl sites for hydroxylation is 1. The Morgan fingerprint density at radius 1 is 1.05 bits per heavy atom. The maximum atomic E-state index is 6.09. The highest BCUT2D eigenvalue weighted by Crippen LogP contribution is 2.36. The predicted octanol–water partition coefficient (Wildman–Crippen LogP) is 2.53. The summed E-state index contributed by atoms with van der Waals surface area (Å²) in [4.78, 5) is 1.78. The van der Waals surface area contributed by atoms with Crippen molar-refractivity contribution >= 4 is 23.6 Å². The molecule has 1 aliphatic rings. The second-order valence-electron chi connectivity index (χ2n) is 6.99. The number of hydrogen-bond acceptors (Lipinski definition) is 4. The molecule has 0 amide bonds. The van der Waals surface area contributed by atoms with Gasteiger partial charge in [0.15, 0.2) is 0 Å². The molecule has 1 fully saturated rings. The van der Waals surface area contributed by atoms with E-state index in [1.165, 1.54) is 0 Å². The highest BCUT2D eigenvalue weighted by atomic mass is 16.7. The molecule has 2 heterocycles. The minimum atomic E-state index is -0.352. The van der Waals surface area contributed by atoms with E-state index in [-0.39, 0.29) is 18.3 Å². The molecule has 0 bridgehead atoms. The van der Waals surface area contributed by atoms with Gasteiger partial charge in [-0.3, -0.25) is 0 Å². The summed E-state index contributed by atoms with van der Waals surface area (Å²) >= 11 is 0. The molecule has 3 rings (SSSR count). The predicted molar refractivity (Wildman–Crippen MR) is 88.2 cm³/mol. The van der Waals surface area contributed by atoms with Crippen LogP contribution >= 0.6 is 0 Å². The van der Waals surface area contributed by atoms with Crippen LogP contribution in [0.2, 0.25) is 0 Å². The molecule has 0 saturated carbocycles. The van der Waals surface area contributed by atoms with E-state index in [2.05, 4.69) is 44.8 Å². The van der Waals surface area contributed by atoms with Crippen LogP contribution in [-0.4, -0.2) is 33.3 Å². The summed E-state index contributed by atoms with van der Waals surface area (Å²) in [6.45, 7) is 11.3. The molecular formula is C16H24BN3O2. The lowest BCUT2D eigenvalue weighted by Crippen LogP contribution is -2.41. The molecule has 1 aromatic carbocycles. The highest BCUT2D eigenvalue weighted by molar-refractivity contribution is 6.62. The topological polar surface area (TPSA) is 49.2 Å². The number of nitrogens with zero attached hydrogens (tertiary/aromatic N) is 3. The molecule has 5 nitrogen and oxygen atoms in total. The average Bonchev–Trinajstić information content (AvgIpc) is 2.93. The largest absolute Gasteiger partial charge is 0.494 e. The Balaban J connectivity index is 1.86. The van der Waals surface area contributed by atoms with E-state index in [1.807, 2.05) is 18.2 Å². The minimum Gasteiger partial charge on any atom is -0.399 e. The Hall–Kier alpha value is -1.40. The zero-order valence-corrected chi connectivity index (χ0v) is 14.1. The van der Waals surface area contributed by atoms with Gasteiger partial charge in [0.05, 0.1) is 17.7 Å². The van der Waals surface area contributed by atoms with Gasteiger partial charge in [-0.2, -0.15) is 15.0 Å². The van der Waals surface area contributed by atoms with Crippen LogP contribution in [0.15, 0.2) is 18.2 Å². The molecule has 0 aliphatic carbocycles. The van der Waals surface area contributed by atoms with Crippen LogP contribution in [0.4, 0.5) is 0 Å². The summed E-state index contributed by atoms with van der Waals surface area (Å²) in [6.07, 6.45) is 2.22. The molecule has 0 atom stereocenters. The first-order chi connectivity index (χ1) is 10.3. The Bertz CT molecular complexity index is 665. The molecule has 118 valence electrons. The van der Waals surface area contributed by atoms with E-state index in [1.54, 1.807) is 4.80 Å². The number of benzene rings is 1. The quantitative estimate of drug-likeness (QED) is 0.814. The van der Waals surface area contributed by atoms with Gasteiger partial charge in [-0.25, -0.2) is 0 Å². The van der Waals surface area contributed by atoms with E-state index in [4.69, 9.17) is 9.31 Å². The van der Waals surface area contributed by atoms with Crippen molar-refractivity contribution in [2.75, 3.05) is 0 Å². The van der Waals surface area contributed by atoms with Crippen LogP contribution in [-0.2, 0) is 15.9 Å². The van der Waals surface area contributed by atoms with E-state index in [0.29, 0.717) is 0 Å². The molecule has 6 heteroatoms. The molecule has 1 aliphatic heterocycles. The Kier molecular flexibility index (Phi) is 3.77. The fraction of sp³-hybridized carbons (Fsp3) is 0.625. The van der Waals surface area contributed by atoms with Crippen LogP contribution in [0, 0.1) is 0 Å². The lowest BCUT2D eigenvalue weighted by molar-refractivity contribution is 0.00578. The smallest absolute Gasteiger partial charge is 0.399 e. The van der Waals surface area contributed by atoms with Gasteiger partial charge in [0.25, 0.3) is 0 Å². The summed E-state index contributed by atoms with van der Waals surface area (Å²) in [5, 5.41) is 9.05. The Morgan fingerprint density at radius 2 is 1.68 bits per heavy atom. The van der Waals surface area contributed by atoms with Crippen molar-refractivity contribution in [1.29, 1.82) is 0 Å². The third kappa shape index (κ3) is 2.65. The van der Waals surface area contributed by atoms with Gasteiger partial charge in [-0.15, -0.1) is 0 Å². The van der Waals surface area contributed by atoms with Crippen molar-refractivity contribution in [1.82, 2.24) is 15.0 Å². The van der Waals surface area contributed by atoms with Crippen molar-refractivity contribution in [3.63, 3.8) is 0 Å². The van der Waals surface area contributed by atoms with Gasteiger partial charge in [0.2, 0.25) is 0 Å². The maximum Gasteiger partial charge on any atom is 0.494 e.